The van der Waals surface area contributed by atoms with Crippen LogP contribution in [0.2, 0.25) is 0 Å². The Morgan fingerprint density at radius 1 is 1.40 bits per heavy atom. The summed E-state index contributed by atoms with van der Waals surface area (Å²) in [4.78, 5) is 14.8. The van der Waals surface area contributed by atoms with Crippen molar-refractivity contribution >= 4 is 17.7 Å². The molecule has 0 spiro atoms. The smallest absolute Gasteiger partial charge is 0.235 e. The number of hydrogen-bond acceptors (Lipinski definition) is 4. The maximum atomic E-state index is 11.9. The predicted octanol–water partition coefficient (Wildman–Crippen LogP) is 1.75. The van der Waals surface area contributed by atoms with Gasteiger partial charge >= 0.3 is 0 Å². The van der Waals surface area contributed by atoms with Crippen LogP contribution in [0.15, 0.2) is 29.2 Å². The van der Waals surface area contributed by atoms with Crippen LogP contribution in [0.1, 0.15) is 12.0 Å². The molecule has 0 radical (unpaired) electrons. The summed E-state index contributed by atoms with van der Waals surface area (Å²) in [6, 6.07) is 8.43. The lowest BCUT2D eigenvalue weighted by Gasteiger charge is -2.10. The number of amides is 1. The maximum Gasteiger partial charge on any atom is 0.235 e. The van der Waals surface area contributed by atoms with Crippen LogP contribution in [-0.4, -0.2) is 49.9 Å². The first-order chi connectivity index (χ1) is 9.70. The minimum Gasteiger partial charge on any atom is -0.383 e. The van der Waals surface area contributed by atoms with E-state index < -0.39 is 0 Å². The number of carbonyl (C=O) groups is 1. The Kier molecular flexibility index (Phi) is 5.88. The first-order valence-electron chi connectivity index (χ1n) is 6.91. The molecule has 1 amide bonds. The Morgan fingerprint density at radius 3 is 2.75 bits per heavy atom. The van der Waals surface area contributed by atoms with Crippen molar-refractivity contribution in [2.75, 3.05) is 33.9 Å². The van der Waals surface area contributed by atoms with Crippen LogP contribution in [0.4, 0.5) is 0 Å². The molecule has 20 heavy (non-hydrogen) atoms. The van der Waals surface area contributed by atoms with Gasteiger partial charge in [-0.2, -0.15) is 0 Å². The molecular weight excluding hydrogens is 272 g/mol. The summed E-state index contributed by atoms with van der Waals surface area (Å²) in [6.45, 7) is 3.30. The van der Waals surface area contributed by atoms with Crippen molar-refractivity contribution in [3.8, 4) is 0 Å². The van der Waals surface area contributed by atoms with Gasteiger partial charge in [-0.1, -0.05) is 12.1 Å². The van der Waals surface area contributed by atoms with E-state index in [1.54, 1.807) is 18.9 Å². The van der Waals surface area contributed by atoms with Crippen LogP contribution in [-0.2, 0) is 16.1 Å². The summed E-state index contributed by atoms with van der Waals surface area (Å²) in [5, 5.41) is 3.40. The third-order valence-corrected chi connectivity index (χ3v) is 4.66. The Hall–Kier alpha value is -1.04. The molecule has 1 fully saturated rings. The lowest BCUT2D eigenvalue weighted by atomic mass is 10.2. The fourth-order valence-electron chi connectivity index (χ4n) is 2.16. The van der Waals surface area contributed by atoms with Gasteiger partial charge in [0.25, 0.3) is 0 Å². The molecule has 0 bridgehead atoms. The molecule has 4 nitrogen and oxygen atoms in total. The topological polar surface area (TPSA) is 41.6 Å². The lowest BCUT2D eigenvalue weighted by Crippen LogP contribution is -2.23. The summed E-state index contributed by atoms with van der Waals surface area (Å²) >= 11 is 1.67. The van der Waals surface area contributed by atoms with Crippen molar-refractivity contribution in [3.63, 3.8) is 0 Å². The minimum absolute atomic E-state index is 0.0886. The molecular formula is C15H22N2O2S. The highest BCUT2D eigenvalue weighted by Gasteiger charge is 2.29. The fourth-order valence-corrected chi connectivity index (χ4v) is 3.28. The average Bonchev–Trinajstić information content (AvgIpc) is 2.77. The van der Waals surface area contributed by atoms with E-state index in [1.807, 2.05) is 11.9 Å². The summed E-state index contributed by atoms with van der Waals surface area (Å²) in [7, 11) is 3.58. The van der Waals surface area contributed by atoms with E-state index in [1.165, 1.54) is 10.5 Å². The van der Waals surface area contributed by atoms with Crippen molar-refractivity contribution in [1.29, 1.82) is 0 Å². The first kappa shape index (κ1) is 15.4. The number of thioether (sulfide) groups is 1. The monoisotopic (exact) mass is 294 g/mol. The first-order valence-corrected chi connectivity index (χ1v) is 7.79. The Labute approximate surface area is 124 Å². The van der Waals surface area contributed by atoms with E-state index in [0.29, 0.717) is 0 Å². The number of methoxy groups -OCH3 is 1. The van der Waals surface area contributed by atoms with Gasteiger partial charge in [-0.25, -0.2) is 0 Å². The third kappa shape index (κ3) is 4.23. The number of nitrogens with zero attached hydrogens (tertiary/aromatic N) is 1. The molecule has 1 unspecified atom stereocenters. The lowest BCUT2D eigenvalue weighted by molar-refractivity contribution is -0.126. The van der Waals surface area contributed by atoms with Crippen LogP contribution < -0.4 is 5.32 Å². The average molecular weight is 294 g/mol. The van der Waals surface area contributed by atoms with E-state index >= 15 is 0 Å². The number of nitrogens with one attached hydrogen (secondary N) is 1. The molecule has 110 valence electrons. The van der Waals surface area contributed by atoms with Gasteiger partial charge in [0.15, 0.2) is 0 Å². The van der Waals surface area contributed by atoms with Gasteiger partial charge in [0.1, 0.15) is 0 Å². The van der Waals surface area contributed by atoms with Crippen LogP contribution >= 0.6 is 11.8 Å². The summed E-state index contributed by atoms with van der Waals surface area (Å²) in [5.74, 6) is 0.250. The maximum absolute atomic E-state index is 11.9. The normalized spacial score (nSPS) is 18.8. The van der Waals surface area contributed by atoms with Crippen molar-refractivity contribution in [2.24, 2.45) is 0 Å². The number of likely N-dealkylation sites (tertiary alicyclic amines) is 1. The van der Waals surface area contributed by atoms with E-state index in [0.717, 1.165) is 32.7 Å². The predicted molar refractivity (Wildman–Crippen MR) is 81.9 cm³/mol. The van der Waals surface area contributed by atoms with E-state index in [9.17, 15) is 4.79 Å². The zero-order chi connectivity index (χ0) is 14.4. The molecule has 1 atom stereocenters. The second-order valence-electron chi connectivity index (χ2n) is 4.97. The van der Waals surface area contributed by atoms with Crippen LogP contribution in [0, 0.1) is 0 Å². The highest BCUT2D eigenvalue weighted by molar-refractivity contribution is 8.00. The molecule has 0 saturated carbocycles. The Bertz CT molecular complexity index is 436. The number of benzene rings is 1. The van der Waals surface area contributed by atoms with Crippen molar-refractivity contribution < 1.29 is 9.53 Å². The summed E-state index contributed by atoms with van der Waals surface area (Å²) < 4.78 is 4.99. The van der Waals surface area contributed by atoms with E-state index in [4.69, 9.17) is 4.74 Å². The molecule has 1 aliphatic heterocycles. The highest BCUT2D eigenvalue weighted by atomic mass is 32.2. The van der Waals surface area contributed by atoms with E-state index in [2.05, 4.69) is 29.6 Å². The Morgan fingerprint density at radius 2 is 2.15 bits per heavy atom. The minimum atomic E-state index is 0.0886. The van der Waals surface area contributed by atoms with Crippen LogP contribution in [0.25, 0.3) is 0 Å². The van der Waals surface area contributed by atoms with Gasteiger partial charge in [0.2, 0.25) is 5.91 Å². The Balaban J connectivity index is 1.81. The molecule has 1 aromatic carbocycles. The molecule has 0 aliphatic carbocycles. The molecule has 1 aromatic rings. The fraction of sp³-hybridized carbons (Fsp3) is 0.533. The highest BCUT2D eigenvalue weighted by Crippen LogP contribution is 2.30. The molecule has 0 aromatic heterocycles. The molecule has 1 N–H and O–H groups in total. The van der Waals surface area contributed by atoms with E-state index in [-0.39, 0.29) is 11.2 Å². The largest absolute Gasteiger partial charge is 0.383 e. The van der Waals surface area contributed by atoms with Crippen molar-refractivity contribution in [3.05, 3.63) is 29.8 Å². The van der Waals surface area contributed by atoms with Gasteiger partial charge in [0.05, 0.1) is 11.9 Å². The quantitative estimate of drug-likeness (QED) is 0.778. The van der Waals surface area contributed by atoms with Crippen LogP contribution in [0.3, 0.4) is 0 Å². The zero-order valence-electron chi connectivity index (χ0n) is 12.1. The number of rotatable bonds is 7. The second-order valence-corrected chi connectivity index (χ2v) is 6.24. The molecule has 2 rings (SSSR count). The molecule has 1 heterocycles. The van der Waals surface area contributed by atoms with Gasteiger partial charge in [-0.3, -0.25) is 4.79 Å². The van der Waals surface area contributed by atoms with Crippen molar-refractivity contribution in [1.82, 2.24) is 10.2 Å². The van der Waals surface area contributed by atoms with Gasteiger partial charge in [-0.05, 0) is 24.1 Å². The second kappa shape index (κ2) is 7.67. The third-order valence-electron chi connectivity index (χ3n) is 3.39. The van der Waals surface area contributed by atoms with Gasteiger partial charge in [-0.15, -0.1) is 11.8 Å². The number of hydrogen-bond donors (Lipinski definition) is 1. The molecule has 5 heteroatoms. The van der Waals surface area contributed by atoms with Gasteiger partial charge < -0.3 is 15.0 Å². The molecule has 1 aliphatic rings. The summed E-state index contributed by atoms with van der Waals surface area (Å²) in [6.07, 6.45) is 0.945. The SMILES string of the molecule is COCCNCc1ccc(SC2CCN(C)C2=O)cc1. The summed E-state index contributed by atoms with van der Waals surface area (Å²) in [5.41, 5.74) is 1.25. The standard InChI is InChI=1S/C15H22N2O2S/c1-17-9-7-14(15(17)18)20-13-5-3-12(4-6-13)11-16-8-10-19-2/h3-6,14,16H,7-11H2,1-2H3. The zero-order valence-corrected chi connectivity index (χ0v) is 12.9. The van der Waals surface area contributed by atoms with Crippen LogP contribution in [0.5, 0.6) is 0 Å². The molecule has 1 saturated heterocycles. The number of carbonyl (C=O) groups excluding carboxylic acids is 1. The van der Waals surface area contributed by atoms with Crippen molar-refractivity contribution in [2.45, 2.75) is 23.1 Å². The number of ether oxygens (including phenoxy) is 1. The van der Waals surface area contributed by atoms with Gasteiger partial charge in [0, 0.05) is 38.7 Å².